The lowest BCUT2D eigenvalue weighted by atomic mass is 9.96. The normalized spacial score (nSPS) is 17.8. The minimum atomic E-state index is -0.335. The van der Waals surface area contributed by atoms with E-state index in [9.17, 15) is 9.18 Å². The van der Waals surface area contributed by atoms with Gasteiger partial charge in [-0.25, -0.2) is 4.39 Å². The van der Waals surface area contributed by atoms with Crippen molar-refractivity contribution in [1.82, 2.24) is 5.32 Å². The van der Waals surface area contributed by atoms with Crippen LogP contribution < -0.4 is 5.32 Å². The number of halogens is 1. The Morgan fingerprint density at radius 1 is 1.10 bits per heavy atom. The predicted octanol–water partition coefficient (Wildman–Crippen LogP) is 2.67. The van der Waals surface area contributed by atoms with Gasteiger partial charge in [-0.1, -0.05) is 30.3 Å². The van der Waals surface area contributed by atoms with Gasteiger partial charge in [-0.3, -0.25) is 9.79 Å². The highest BCUT2D eigenvalue weighted by Crippen LogP contribution is 2.14. The third-order valence-corrected chi connectivity index (χ3v) is 3.53. The van der Waals surface area contributed by atoms with Gasteiger partial charge >= 0.3 is 0 Å². The van der Waals surface area contributed by atoms with Crippen LogP contribution in [0.5, 0.6) is 0 Å². The van der Waals surface area contributed by atoms with E-state index in [4.69, 9.17) is 0 Å². The molecule has 0 saturated carbocycles. The molecule has 0 aliphatic carbocycles. The zero-order valence-corrected chi connectivity index (χ0v) is 11.4. The first-order chi connectivity index (χ1) is 10.2. The Morgan fingerprint density at radius 2 is 1.81 bits per heavy atom. The molecule has 106 valence electrons. The summed E-state index contributed by atoms with van der Waals surface area (Å²) in [5.41, 5.74) is 1.55. The largest absolute Gasteiger partial charge is 0.369 e. The van der Waals surface area contributed by atoms with E-state index >= 15 is 0 Å². The number of carbonyl (C=O) groups excluding carboxylic acids is 1. The molecule has 0 amide bonds. The molecule has 0 radical (unpaired) electrons. The second-order valence-corrected chi connectivity index (χ2v) is 5.00. The first-order valence-electron chi connectivity index (χ1n) is 6.87. The minimum Gasteiger partial charge on any atom is -0.369 e. The summed E-state index contributed by atoms with van der Waals surface area (Å²) in [4.78, 5) is 16.8. The lowest BCUT2D eigenvalue weighted by Gasteiger charge is -2.22. The van der Waals surface area contributed by atoms with Crippen LogP contribution in [0, 0.1) is 11.7 Å². The van der Waals surface area contributed by atoms with Crippen molar-refractivity contribution in [3.63, 3.8) is 0 Å². The number of ketones is 1. The smallest absolute Gasteiger partial charge is 0.169 e. The van der Waals surface area contributed by atoms with Crippen molar-refractivity contribution >= 4 is 11.6 Å². The Bertz CT molecular complexity index is 665. The van der Waals surface area contributed by atoms with Crippen molar-refractivity contribution in [2.75, 3.05) is 13.1 Å². The van der Waals surface area contributed by atoms with Crippen LogP contribution in [0.15, 0.2) is 59.6 Å². The molecule has 0 aromatic heterocycles. The SMILES string of the molecule is O=C(c1ccc(F)cc1)C1CN=C(c2ccccc2)NC1. The second kappa shape index (κ2) is 5.87. The number of rotatable bonds is 3. The van der Waals surface area contributed by atoms with Crippen LogP contribution in [-0.4, -0.2) is 24.7 Å². The van der Waals surface area contributed by atoms with Crippen LogP contribution in [0.3, 0.4) is 0 Å². The highest BCUT2D eigenvalue weighted by atomic mass is 19.1. The fraction of sp³-hybridized carbons (Fsp3) is 0.176. The zero-order chi connectivity index (χ0) is 14.7. The van der Waals surface area contributed by atoms with Crippen LogP contribution in [-0.2, 0) is 0 Å². The van der Waals surface area contributed by atoms with E-state index in [0.717, 1.165) is 11.4 Å². The van der Waals surface area contributed by atoms with Gasteiger partial charge in [0.1, 0.15) is 11.7 Å². The molecule has 1 unspecified atom stereocenters. The fourth-order valence-electron chi connectivity index (χ4n) is 2.36. The second-order valence-electron chi connectivity index (χ2n) is 5.00. The molecule has 1 atom stereocenters. The lowest BCUT2D eigenvalue weighted by Crippen LogP contribution is -2.39. The van der Waals surface area contributed by atoms with E-state index in [2.05, 4.69) is 10.3 Å². The maximum absolute atomic E-state index is 12.9. The van der Waals surface area contributed by atoms with Crippen molar-refractivity contribution in [1.29, 1.82) is 0 Å². The van der Waals surface area contributed by atoms with Gasteiger partial charge in [0, 0.05) is 17.7 Å². The van der Waals surface area contributed by atoms with Gasteiger partial charge in [-0.2, -0.15) is 0 Å². The standard InChI is InChI=1S/C17H15FN2O/c18-15-8-6-12(7-9-15)16(21)14-10-19-17(20-11-14)13-4-2-1-3-5-13/h1-9,14H,10-11H2,(H,19,20). The maximum Gasteiger partial charge on any atom is 0.169 e. The number of nitrogens with zero attached hydrogens (tertiary/aromatic N) is 1. The number of carbonyl (C=O) groups is 1. The molecular formula is C17H15FN2O. The number of aliphatic imine (C=N–C) groups is 1. The Morgan fingerprint density at radius 3 is 2.43 bits per heavy atom. The summed E-state index contributed by atoms with van der Waals surface area (Å²) in [5.74, 6) is 0.276. The molecule has 0 fully saturated rings. The molecule has 3 nitrogen and oxygen atoms in total. The van der Waals surface area contributed by atoms with Crippen molar-refractivity contribution in [2.24, 2.45) is 10.9 Å². The van der Waals surface area contributed by atoms with E-state index in [-0.39, 0.29) is 17.5 Å². The van der Waals surface area contributed by atoms with E-state index in [1.165, 1.54) is 24.3 Å². The Labute approximate surface area is 122 Å². The van der Waals surface area contributed by atoms with Crippen LogP contribution in [0.2, 0.25) is 0 Å². The maximum atomic E-state index is 12.9. The van der Waals surface area contributed by atoms with E-state index in [1.807, 2.05) is 30.3 Å². The number of hydrogen-bond acceptors (Lipinski definition) is 3. The van der Waals surface area contributed by atoms with Crippen molar-refractivity contribution in [3.8, 4) is 0 Å². The molecule has 21 heavy (non-hydrogen) atoms. The summed E-state index contributed by atoms with van der Waals surface area (Å²) >= 11 is 0. The van der Waals surface area contributed by atoms with E-state index < -0.39 is 0 Å². The van der Waals surface area contributed by atoms with E-state index in [1.54, 1.807) is 0 Å². The molecule has 0 bridgehead atoms. The number of nitrogens with one attached hydrogen (secondary N) is 1. The number of Topliss-reactive ketones (excluding diaryl/α,β-unsaturated/α-hetero) is 1. The van der Waals surface area contributed by atoms with Gasteiger partial charge in [-0.15, -0.1) is 0 Å². The number of hydrogen-bond donors (Lipinski definition) is 1. The zero-order valence-electron chi connectivity index (χ0n) is 11.4. The molecule has 3 rings (SSSR count). The highest BCUT2D eigenvalue weighted by molar-refractivity contribution is 6.02. The van der Waals surface area contributed by atoms with Gasteiger partial charge in [0.05, 0.1) is 12.5 Å². The average molecular weight is 282 g/mol. The Hall–Kier alpha value is -2.49. The monoisotopic (exact) mass is 282 g/mol. The number of benzene rings is 2. The minimum absolute atomic E-state index is 0.00152. The molecule has 0 saturated heterocycles. The third-order valence-electron chi connectivity index (χ3n) is 3.53. The Balaban J connectivity index is 1.72. The summed E-state index contributed by atoms with van der Waals surface area (Å²) in [6.45, 7) is 0.997. The summed E-state index contributed by atoms with van der Waals surface area (Å²) in [7, 11) is 0. The van der Waals surface area contributed by atoms with Crippen LogP contribution in [0.1, 0.15) is 15.9 Å². The van der Waals surface area contributed by atoms with Gasteiger partial charge in [0.25, 0.3) is 0 Å². The van der Waals surface area contributed by atoms with Crippen LogP contribution >= 0.6 is 0 Å². The summed E-state index contributed by atoms with van der Waals surface area (Å²) in [6.07, 6.45) is 0. The molecule has 2 aromatic rings. The van der Waals surface area contributed by atoms with E-state index in [0.29, 0.717) is 18.7 Å². The summed E-state index contributed by atoms with van der Waals surface area (Å²) < 4.78 is 12.9. The molecular weight excluding hydrogens is 267 g/mol. The van der Waals surface area contributed by atoms with Gasteiger partial charge in [0.2, 0.25) is 0 Å². The molecule has 1 aliphatic rings. The van der Waals surface area contributed by atoms with Gasteiger partial charge in [-0.05, 0) is 24.3 Å². The first kappa shape index (κ1) is 13.5. The van der Waals surface area contributed by atoms with Crippen molar-refractivity contribution < 1.29 is 9.18 Å². The molecule has 1 N–H and O–H groups in total. The quantitative estimate of drug-likeness (QED) is 0.879. The van der Waals surface area contributed by atoms with Gasteiger partial charge in [0.15, 0.2) is 5.78 Å². The third kappa shape index (κ3) is 2.99. The molecule has 4 heteroatoms. The molecule has 0 spiro atoms. The molecule has 2 aromatic carbocycles. The fourth-order valence-corrected chi connectivity index (χ4v) is 2.36. The summed E-state index contributed by atoms with van der Waals surface area (Å²) in [5, 5.41) is 3.20. The number of amidine groups is 1. The van der Waals surface area contributed by atoms with Crippen LogP contribution in [0.4, 0.5) is 4.39 Å². The predicted molar refractivity (Wildman–Crippen MR) is 80.1 cm³/mol. The van der Waals surface area contributed by atoms with Gasteiger partial charge < -0.3 is 5.32 Å². The molecule has 1 heterocycles. The first-order valence-corrected chi connectivity index (χ1v) is 6.87. The topological polar surface area (TPSA) is 41.5 Å². The summed E-state index contributed by atoms with van der Waals surface area (Å²) in [6, 6.07) is 15.5. The average Bonchev–Trinajstić information content (AvgIpc) is 2.56. The van der Waals surface area contributed by atoms with Crippen molar-refractivity contribution in [2.45, 2.75) is 0 Å². The highest BCUT2D eigenvalue weighted by Gasteiger charge is 2.23. The van der Waals surface area contributed by atoms with Crippen LogP contribution in [0.25, 0.3) is 0 Å². The Kier molecular flexibility index (Phi) is 3.77. The lowest BCUT2D eigenvalue weighted by molar-refractivity contribution is 0.0924. The molecule has 1 aliphatic heterocycles. The van der Waals surface area contributed by atoms with Crippen molar-refractivity contribution in [3.05, 3.63) is 71.5 Å².